The number of hydrogen-bond donors (Lipinski definition) is 0. The molecule has 0 unspecified atom stereocenters. The minimum atomic E-state index is -0.283. The highest BCUT2D eigenvalue weighted by molar-refractivity contribution is 5.86. The van der Waals surface area contributed by atoms with E-state index >= 15 is 0 Å². The summed E-state index contributed by atoms with van der Waals surface area (Å²) in [5, 5.41) is 5.13. The number of nitrogens with zero attached hydrogens (tertiary/aromatic N) is 4. The van der Waals surface area contributed by atoms with Crippen molar-refractivity contribution in [2.45, 2.75) is 33.2 Å². The van der Waals surface area contributed by atoms with E-state index in [4.69, 9.17) is 0 Å². The third kappa shape index (κ3) is 2.58. The number of halogens is 1. The van der Waals surface area contributed by atoms with Gasteiger partial charge in [-0.05, 0) is 37.1 Å². The van der Waals surface area contributed by atoms with Gasteiger partial charge in [0.25, 0.3) is 5.56 Å². The minimum Gasteiger partial charge on any atom is -0.315 e. The Morgan fingerprint density at radius 1 is 1.15 bits per heavy atom. The van der Waals surface area contributed by atoms with Crippen molar-refractivity contribution in [1.29, 1.82) is 0 Å². The number of unbranched alkanes of at least 4 members (excludes halogenated alkanes) is 1. The Hall–Kier alpha value is -3.02. The predicted octanol–water partition coefficient (Wildman–Crippen LogP) is 3.96. The Kier molecular flexibility index (Phi) is 4.03. The molecule has 0 aliphatic heterocycles. The lowest BCUT2D eigenvalue weighted by molar-refractivity contribution is 0.616. The number of fused-ring (bicyclic) bond motifs is 3. The zero-order chi connectivity index (χ0) is 18.3. The topological polar surface area (TPSA) is 52.2 Å². The quantitative estimate of drug-likeness (QED) is 0.560. The second-order valence-corrected chi connectivity index (χ2v) is 6.43. The molecule has 0 saturated heterocycles. The summed E-state index contributed by atoms with van der Waals surface area (Å²) in [6.07, 6.45) is 5.41. The van der Waals surface area contributed by atoms with Crippen LogP contribution in [0.15, 0.2) is 47.5 Å². The molecule has 5 nitrogen and oxygen atoms in total. The fraction of sp³-hybridized carbons (Fsp3) is 0.250. The van der Waals surface area contributed by atoms with E-state index in [1.807, 2.05) is 19.2 Å². The molecule has 4 aromatic rings. The SMILES string of the molecule is CCCCn1ccc2c(cnc3c(-c4ccc(F)cc4)c(C)nn32)c1=O. The summed E-state index contributed by atoms with van der Waals surface area (Å²) in [6.45, 7) is 4.69. The maximum Gasteiger partial charge on any atom is 0.261 e. The third-order valence-corrected chi connectivity index (χ3v) is 4.65. The van der Waals surface area contributed by atoms with Crippen molar-refractivity contribution in [3.8, 4) is 11.1 Å². The molecule has 0 N–H and O–H groups in total. The van der Waals surface area contributed by atoms with Crippen molar-refractivity contribution in [2.75, 3.05) is 0 Å². The van der Waals surface area contributed by atoms with Crippen LogP contribution in [0.2, 0.25) is 0 Å². The summed E-state index contributed by atoms with van der Waals surface area (Å²) in [4.78, 5) is 17.2. The van der Waals surface area contributed by atoms with E-state index in [0.29, 0.717) is 17.6 Å². The predicted molar refractivity (Wildman–Crippen MR) is 99.8 cm³/mol. The Balaban J connectivity index is 1.94. The molecule has 132 valence electrons. The lowest BCUT2D eigenvalue weighted by Gasteiger charge is -2.07. The van der Waals surface area contributed by atoms with Crippen LogP contribution in [0.4, 0.5) is 4.39 Å². The first-order valence-corrected chi connectivity index (χ1v) is 8.73. The van der Waals surface area contributed by atoms with Gasteiger partial charge in [-0.3, -0.25) is 4.79 Å². The van der Waals surface area contributed by atoms with Crippen LogP contribution in [0, 0.1) is 12.7 Å². The molecule has 3 aromatic heterocycles. The number of aryl methyl sites for hydroxylation is 2. The van der Waals surface area contributed by atoms with Gasteiger partial charge < -0.3 is 4.57 Å². The van der Waals surface area contributed by atoms with Crippen LogP contribution < -0.4 is 5.56 Å². The highest BCUT2D eigenvalue weighted by atomic mass is 19.1. The van der Waals surface area contributed by atoms with Crippen molar-refractivity contribution in [3.63, 3.8) is 0 Å². The molecule has 0 radical (unpaired) electrons. The molecule has 0 aliphatic rings. The van der Waals surface area contributed by atoms with Crippen molar-refractivity contribution in [2.24, 2.45) is 0 Å². The van der Waals surface area contributed by atoms with E-state index in [0.717, 1.165) is 35.2 Å². The Morgan fingerprint density at radius 2 is 1.92 bits per heavy atom. The fourth-order valence-electron chi connectivity index (χ4n) is 3.28. The average Bonchev–Trinajstić information content (AvgIpc) is 2.98. The number of pyridine rings is 1. The highest BCUT2D eigenvalue weighted by Gasteiger charge is 2.16. The minimum absolute atomic E-state index is 0.0539. The van der Waals surface area contributed by atoms with Gasteiger partial charge in [0.2, 0.25) is 0 Å². The summed E-state index contributed by atoms with van der Waals surface area (Å²) < 4.78 is 16.7. The highest BCUT2D eigenvalue weighted by Crippen LogP contribution is 2.28. The maximum atomic E-state index is 13.2. The van der Waals surface area contributed by atoms with Gasteiger partial charge in [0.05, 0.1) is 16.6 Å². The van der Waals surface area contributed by atoms with Crippen LogP contribution in [0.25, 0.3) is 27.7 Å². The zero-order valence-corrected chi connectivity index (χ0v) is 14.7. The van der Waals surface area contributed by atoms with Crippen LogP contribution in [0.3, 0.4) is 0 Å². The normalized spacial score (nSPS) is 11.5. The number of aromatic nitrogens is 4. The summed E-state index contributed by atoms with van der Waals surface area (Å²) in [7, 11) is 0. The van der Waals surface area contributed by atoms with Crippen LogP contribution in [0.5, 0.6) is 0 Å². The molecule has 6 heteroatoms. The first kappa shape index (κ1) is 16.4. The van der Waals surface area contributed by atoms with Crippen LogP contribution in [0.1, 0.15) is 25.5 Å². The lowest BCUT2D eigenvalue weighted by atomic mass is 10.1. The van der Waals surface area contributed by atoms with E-state index in [-0.39, 0.29) is 11.4 Å². The molecule has 0 aliphatic carbocycles. The van der Waals surface area contributed by atoms with Crippen molar-refractivity contribution in [1.82, 2.24) is 19.2 Å². The van der Waals surface area contributed by atoms with Gasteiger partial charge in [-0.1, -0.05) is 25.5 Å². The van der Waals surface area contributed by atoms with Gasteiger partial charge in [0, 0.05) is 24.5 Å². The van der Waals surface area contributed by atoms with E-state index < -0.39 is 0 Å². The lowest BCUT2D eigenvalue weighted by Crippen LogP contribution is -2.20. The van der Waals surface area contributed by atoms with Crippen molar-refractivity contribution in [3.05, 3.63) is 64.6 Å². The molecule has 3 heterocycles. The molecule has 0 bridgehead atoms. The Bertz CT molecular complexity index is 1160. The van der Waals surface area contributed by atoms with E-state index in [1.165, 1.54) is 12.1 Å². The third-order valence-electron chi connectivity index (χ3n) is 4.65. The zero-order valence-electron chi connectivity index (χ0n) is 14.7. The van der Waals surface area contributed by atoms with Gasteiger partial charge >= 0.3 is 0 Å². The van der Waals surface area contributed by atoms with E-state index in [2.05, 4.69) is 17.0 Å². The molecule has 0 atom stereocenters. The number of rotatable bonds is 4. The molecular formula is C20H19FN4O. The number of benzene rings is 1. The largest absolute Gasteiger partial charge is 0.315 e. The summed E-state index contributed by atoms with van der Waals surface area (Å²) in [6, 6.07) is 8.18. The second-order valence-electron chi connectivity index (χ2n) is 6.43. The first-order chi connectivity index (χ1) is 12.6. The average molecular weight is 350 g/mol. The fourth-order valence-corrected chi connectivity index (χ4v) is 3.28. The summed E-state index contributed by atoms with van der Waals surface area (Å²) in [5.74, 6) is -0.283. The van der Waals surface area contributed by atoms with Crippen LogP contribution in [-0.4, -0.2) is 19.2 Å². The van der Waals surface area contributed by atoms with E-state index in [1.54, 1.807) is 27.4 Å². The molecule has 1 aromatic carbocycles. The van der Waals surface area contributed by atoms with Gasteiger partial charge in [0.15, 0.2) is 5.65 Å². The molecule has 26 heavy (non-hydrogen) atoms. The molecule has 0 fully saturated rings. The van der Waals surface area contributed by atoms with Gasteiger partial charge in [-0.15, -0.1) is 0 Å². The first-order valence-electron chi connectivity index (χ1n) is 8.73. The van der Waals surface area contributed by atoms with Gasteiger partial charge in [-0.25, -0.2) is 13.9 Å². The Labute approximate surface area is 149 Å². The van der Waals surface area contributed by atoms with Gasteiger partial charge in [0.1, 0.15) is 5.82 Å². The standard InChI is InChI=1S/C20H19FN4O/c1-3-4-10-24-11-9-17-16(20(24)26)12-22-19-18(13(2)23-25(17)19)14-5-7-15(21)8-6-14/h5-9,11-12H,3-4,10H2,1-2H3. The number of hydrogen-bond acceptors (Lipinski definition) is 3. The smallest absolute Gasteiger partial charge is 0.261 e. The molecule has 4 rings (SSSR count). The van der Waals surface area contributed by atoms with Crippen LogP contribution >= 0.6 is 0 Å². The van der Waals surface area contributed by atoms with Gasteiger partial charge in [-0.2, -0.15) is 5.10 Å². The summed E-state index contributed by atoms with van der Waals surface area (Å²) >= 11 is 0. The second kappa shape index (κ2) is 6.37. The summed E-state index contributed by atoms with van der Waals surface area (Å²) in [5.41, 5.74) is 3.81. The van der Waals surface area contributed by atoms with Crippen molar-refractivity contribution < 1.29 is 4.39 Å². The van der Waals surface area contributed by atoms with Crippen LogP contribution in [-0.2, 0) is 6.54 Å². The molecule has 0 saturated carbocycles. The Morgan fingerprint density at radius 3 is 2.65 bits per heavy atom. The monoisotopic (exact) mass is 350 g/mol. The molecule has 0 spiro atoms. The molecule has 0 amide bonds. The van der Waals surface area contributed by atoms with Crippen molar-refractivity contribution >= 4 is 16.6 Å². The maximum absolute atomic E-state index is 13.2. The van der Waals surface area contributed by atoms with E-state index in [9.17, 15) is 9.18 Å². The molecular weight excluding hydrogens is 331 g/mol.